The van der Waals surface area contributed by atoms with Gasteiger partial charge in [-0.05, 0) is 19.3 Å². The Morgan fingerprint density at radius 2 is 2.29 bits per heavy atom. The van der Waals surface area contributed by atoms with E-state index in [2.05, 4.69) is 14.9 Å². The van der Waals surface area contributed by atoms with Gasteiger partial charge in [-0.1, -0.05) is 0 Å². The van der Waals surface area contributed by atoms with Gasteiger partial charge in [0.2, 0.25) is 0 Å². The van der Waals surface area contributed by atoms with Crippen LogP contribution in [0.2, 0.25) is 0 Å². The van der Waals surface area contributed by atoms with Gasteiger partial charge in [-0.2, -0.15) is 0 Å². The van der Waals surface area contributed by atoms with E-state index in [0.717, 1.165) is 25.4 Å². The van der Waals surface area contributed by atoms with Crippen LogP contribution in [-0.2, 0) is 11.3 Å². The molecule has 0 spiro atoms. The van der Waals surface area contributed by atoms with Crippen LogP contribution in [0.5, 0.6) is 0 Å². The number of rotatable bonds is 2. The molecule has 1 aromatic rings. The van der Waals surface area contributed by atoms with Gasteiger partial charge in [-0.15, -0.1) is 0 Å². The Balaban J connectivity index is 1.81. The molecule has 0 amide bonds. The molecule has 1 aliphatic heterocycles. The van der Waals surface area contributed by atoms with Crippen LogP contribution in [0, 0.1) is 0 Å². The Morgan fingerprint density at radius 1 is 1.35 bits per heavy atom. The average molecular weight is 235 g/mol. The number of anilines is 1. The van der Waals surface area contributed by atoms with E-state index in [4.69, 9.17) is 9.84 Å². The number of ether oxygens (including phenoxy) is 1. The topological polar surface area (TPSA) is 58.5 Å². The molecule has 3 rings (SSSR count). The van der Waals surface area contributed by atoms with Crippen molar-refractivity contribution < 1.29 is 9.84 Å². The summed E-state index contributed by atoms with van der Waals surface area (Å²) in [6.45, 7) is 1.60. The number of hydrogen-bond donors (Lipinski definition) is 1. The van der Waals surface area contributed by atoms with Crippen molar-refractivity contribution in [3.8, 4) is 0 Å². The highest BCUT2D eigenvalue weighted by Crippen LogP contribution is 2.31. The molecule has 2 heterocycles. The van der Waals surface area contributed by atoms with E-state index in [1.54, 1.807) is 12.4 Å². The van der Waals surface area contributed by atoms with Gasteiger partial charge in [0.15, 0.2) is 0 Å². The zero-order chi connectivity index (χ0) is 11.7. The summed E-state index contributed by atoms with van der Waals surface area (Å²) in [4.78, 5) is 10.9. The Morgan fingerprint density at radius 3 is 3.06 bits per heavy atom. The summed E-state index contributed by atoms with van der Waals surface area (Å²) in [5.41, 5.74) is 0.616. The van der Waals surface area contributed by atoms with Gasteiger partial charge in [0.1, 0.15) is 5.82 Å². The highest BCUT2D eigenvalue weighted by Gasteiger charge is 2.36. The minimum Gasteiger partial charge on any atom is -0.390 e. The van der Waals surface area contributed by atoms with Crippen LogP contribution in [0.25, 0.3) is 0 Å². The highest BCUT2D eigenvalue weighted by atomic mass is 16.5. The second kappa shape index (κ2) is 4.58. The predicted octanol–water partition coefficient (Wildman–Crippen LogP) is 0.727. The lowest BCUT2D eigenvalue weighted by Crippen LogP contribution is -2.49. The number of morpholine rings is 1. The van der Waals surface area contributed by atoms with Crippen LogP contribution in [0.3, 0.4) is 0 Å². The first kappa shape index (κ1) is 10.9. The fraction of sp³-hybridized carbons (Fsp3) is 0.667. The van der Waals surface area contributed by atoms with E-state index in [-0.39, 0.29) is 6.61 Å². The molecule has 2 aliphatic rings. The summed E-state index contributed by atoms with van der Waals surface area (Å²) in [6, 6.07) is 0.457. The van der Waals surface area contributed by atoms with E-state index in [1.807, 2.05) is 0 Å². The van der Waals surface area contributed by atoms with Gasteiger partial charge in [0.25, 0.3) is 0 Å². The molecule has 1 N–H and O–H groups in total. The van der Waals surface area contributed by atoms with Gasteiger partial charge in [0.05, 0.1) is 43.4 Å². The van der Waals surface area contributed by atoms with E-state index in [1.165, 1.54) is 12.8 Å². The van der Waals surface area contributed by atoms with Crippen LogP contribution >= 0.6 is 0 Å². The van der Waals surface area contributed by atoms with Crippen molar-refractivity contribution in [1.29, 1.82) is 0 Å². The van der Waals surface area contributed by atoms with Crippen molar-refractivity contribution in [2.45, 2.75) is 38.0 Å². The van der Waals surface area contributed by atoms with Crippen molar-refractivity contribution in [3.05, 3.63) is 18.1 Å². The number of nitrogens with zero attached hydrogens (tertiary/aromatic N) is 3. The summed E-state index contributed by atoms with van der Waals surface area (Å²) in [5.74, 6) is 0.905. The molecule has 0 aromatic carbocycles. The maximum atomic E-state index is 8.95. The maximum absolute atomic E-state index is 8.95. The third-order valence-corrected chi connectivity index (χ3v) is 3.63. The molecule has 1 saturated heterocycles. The summed E-state index contributed by atoms with van der Waals surface area (Å²) in [5, 5.41) is 8.95. The zero-order valence-corrected chi connectivity index (χ0v) is 9.75. The smallest absolute Gasteiger partial charge is 0.147 e. The standard InChI is InChI=1S/C12H17N3O2/c16-8-9-6-14-12(7-13-9)15-4-5-17-11-3-1-2-10(11)15/h6-7,10-11,16H,1-5,8H2. The van der Waals surface area contributed by atoms with Crippen molar-refractivity contribution >= 4 is 5.82 Å². The first-order chi connectivity index (χ1) is 8.38. The quantitative estimate of drug-likeness (QED) is 0.818. The minimum atomic E-state index is -0.0531. The third-order valence-electron chi connectivity index (χ3n) is 3.63. The fourth-order valence-electron chi connectivity index (χ4n) is 2.79. The second-order valence-corrected chi connectivity index (χ2v) is 4.62. The second-order valence-electron chi connectivity index (χ2n) is 4.62. The van der Waals surface area contributed by atoms with Crippen molar-refractivity contribution in [2.24, 2.45) is 0 Å². The number of aromatic nitrogens is 2. The lowest BCUT2D eigenvalue weighted by Gasteiger charge is -2.38. The Kier molecular flexibility index (Phi) is 2.94. The Bertz CT molecular complexity index is 382. The number of fused-ring (bicyclic) bond motifs is 1. The SMILES string of the molecule is OCc1cnc(N2CCOC3CCCC32)cn1. The summed E-state index contributed by atoms with van der Waals surface area (Å²) in [7, 11) is 0. The molecule has 1 saturated carbocycles. The van der Waals surface area contributed by atoms with Crippen molar-refractivity contribution in [3.63, 3.8) is 0 Å². The van der Waals surface area contributed by atoms with E-state index in [9.17, 15) is 0 Å². The fourth-order valence-corrected chi connectivity index (χ4v) is 2.79. The summed E-state index contributed by atoms with van der Waals surface area (Å²) >= 11 is 0. The summed E-state index contributed by atoms with van der Waals surface area (Å²) in [6.07, 6.45) is 7.33. The van der Waals surface area contributed by atoms with Gasteiger partial charge < -0.3 is 14.7 Å². The molecule has 2 unspecified atom stereocenters. The molecule has 2 fully saturated rings. The van der Waals surface area contributed by atoms with Gasteiger partial charge >= 0.3 is 0 Å². The van der Waals surface area contributed by atoms with Crippen LogP contribution in [0.4, 0.5) is 5.82 Å². The molecular weight excluding hydrogens is 218 g/mol. The molecule has 92 valence electrons. The third kappa shape index (κ3) is 2.00. The lowest BCUT2D eigenvalue weighted by atomic mass is 10.1. The molecule has 1 aliphatic carbocycles. The van der Waals surface area contributed by atoms with Gasteiger partial charge in [-0.25, -0.2) is 4.98 Å². The van der Waals surface area contributed by atoms with Crippen molar-refractivity contribution in [1.82, 2.24) is 9.97 Å². The van der Waals surface area contributed by atoms with Crippen LogP contribution in [-0.4, -0.2) is 40.4 Å². The summed E-state index contributed by atoms with van der Waals surface area (Å²) < 4.78 is 5.77. The maximum Gasteiger partial charge on any atom is 0.147 e. The first-order valence-electron chi connectivity index (χ1n) is 6.18. The minimum absolute atomic E-state index is 0.0531. The van der Waals surface area contributed by atoms with E-state index < -0.39 is 0 Å². The van der Waals surface area contributed by atoms with Crippen LogP contribution < -0.4 is 4.90 Å². The Hall–Kier alpha value is -1.20. The van der Waals surface area contributed by atoms with Gasteiger partial charge in [0, 0.05) is 6.54 Å². The monoisotopic (exact) mass is 235 g/mol. The van der Waals surface area contributed by atoms with Crippen LogP contribution in [0.1, 0.15) is 25.0 Å². The molecular formula is C12H17N3O2. The zero-order valence-electron chi connectivity index (χ0n) is 9.75. The number of hydrogen-bond acceptors (Lipinski definition) is 5. The Labute approximate surface area is 100 Å². The lowest BCUT2D eigenvalue weighted by molar-refractivity contribution is 0.0253. The van der Waals surface area contributed by atoms with E-state index >= 15 is 0 Å². The molecule has 5 heteroatoms. The number of aliphatic hydroxyl groups is 1. The molecule has 1 aromatic heterocycles. The average Bonchev–Trinajstić information content (AvgIpc) is 2.87. The van der Waals surface area contributed by atoms with Gasteiger partial charge in [-0.3, -0.25) is 4.98 Å². The molecule has 17 heavy (non-hydrogen) atoms. The van der Waals surface area contributed by atoms with Crippen molar-refractivity contribution in [2.75, 3.05) is 18.1 Å². The predicted molar refractivity (Wildman–Crippen MR) is 62.7 cm³/mol. The first-order valence-corrected chi connectivity index (χ1v) is 6.18. The van der Waals surface area contributed by atoms with Crippen LogP contribution in [0.15, 0.2) is 12.4 Å². The number of aliphatic hydroxyl groups excluding tert-OH is 1. The molecule has 5 nitrogen and oxygen atoms in total. The molecule has 0 radical (unpaired) electrons. The largest absolute Gasteiger partial charge is 0.390 e. The normalized spacial score (nSPS) is 28.2. The molecule has 0 bridgehead atoms. The van der Waals surface area contributed by atoms with E-state index in [0.29, 0.717) is 17.8 Å². The highest BCUT2D eigenvalue weighted by molar-refractivity contribution is 5.39. The molecule has 2 atom stereocenters.